The van der Waals surface area contributed by atoms with Gasteiger partial charge in [0.25, 0.3) is 5.91 Å². The predicted molar refractivity (Wildman–Crippen MR) is 134 cm³/mol. The first-order chi connectivity index (χ1) is 17.0. The summed E-state index contributed by atoms with van der Waals surface area (Å²) < 4.78 is 0. The summed E-state index contributed by atoms with van der Waals surface area (Å²) >= 11 is 0. The smallest absolute Gasteiger partial charge is 0.290 e. The fourth-order valence-electron chi connectivity index (χ4n) is 5.68. The Bertz CT molecular complexity index is 916. The van der Waals surface area contributed by atoms with Crippen LogP contribution in [0.15, 0.2) is 6.07 Å². The van der Waals surface area contributed by atoms with Crippen LogP contribution in [0.2, 0.25) is 0 Å². The van der Waals surface area contributed by atoms with Gasteiger partial charge >= 0.3 is 0 Å². The molecule has 0 radical (unpaired) electrons. The largest absolute Gasteiger partial charge is 0.356 e. The molecule has 0 aromatic carbocycles. The fraction of sp³-hybridized carbons (Fsp3) is 0.720. The number of piperazine rings is 1. The maximum Gasteiger partial charge on any atom is 0.290 e. The lowest BCUT2D eigenvalue weighted by Crippen LogP contribution is -2.55. The van der Waals surface area contributed by atoms with E-state index in [0.29, 0.717) is 39.1 Å². The number of carbonyl (C=O) groups excluding carboxylic acids is 3. The Morgan fingerprint density at radius 3 is 1.94 bits per heavy atom. The molecular formula is C25H37N7O3. The summed E-state index contributed by atoms with van der Waals surface area (Å²) in [5, 5.41) is 0. The van der Waals surface area contributed by atoms with Gasteiger partial charge in [0.15, 0.2) is 0 Å². The quantitative estimate of drug-likeness (QED) is 0.559. The van der Waals surface area contributed by atoms with Gasteiger partial charge in [0, 0.05) is 71.4 Å². The number of nitrogens with zero attached hydrogens (tertiary/aromatic N) is 7. The van der Waals surface area contributed by atoms with E-state index in [9.17, 15) is 14.4 Å². The van der Waals surface area contributed by atoms with E-state index in [1.54, 1.807) is 6.92 Å². The molecule has 4 fully saturated rings. The number of carbonyl (C=O) groups is 3. The second kappa shape index (κ2) is 10.4. The van der Waals surface area contributed by atoms with Gasteiger partial charge in [-0.25, -0.2) is 0 Å². The summed E-state index contributed by atoms with van der Waals surface area (Å²) in [5.74, 6) is 1.81. The number of hydrogen-bond acceptors (Lipinski definition) is 8. The van der Waals surface area contributed by atoms with Crippen LogP contribution in [0, 0.1) is 0 Å². The average molecular weight is 484 g/mol. The molecule has 1 atom stereocenters. The van der Waals surface area contributed by atoms with E-state index < -0.39 is 17.7 Å². The van der Waals surface area contributed by atoms with Gasteiger partial charge in [-0.2, -0.15) is 9.97 Å². The van der Waals surface area contributed by atoms with Crippen molar-refractivity contribution in [2.75, 3.05) is 73.6 Å². The molecule has 0 aliphatic carbocycles. The van der Waals surface area contributed by atoms with Crippen molar-refractivity contribution in [3.05, 3.63) is 6.07 Å². The summed E-state index contributed by atoms with van der Waals surface area (Å²) in [7, 11) is 0. The van der Waals surface area contributed by atoms with E-state index in [4.69, 9.17) is 9.97 Å². The van der Waals surface area contributed by atoms with Gasteiger partial charge in [-0.3, -0.25) is 14.4 Å². The minimum absolute atomic E-state index is 0.0300. The van der Waals surface area contributed by atoms with Crippen molar-refractivity contribution >= 4 is 35.2 Å². The van der Waals surface area contributed by atoms with Crippen LogP contribution in [-0.4, -0.2) is 102 Å². The molecular weight excluding hydrogens is 446 g/mol. The number of aromatic nitrogens is 2. The van der Waals surface area contributed by atoms with Gasteiger partial charge in [-0.15, -0.1) is 0 Å². The van der Waals surface area contributed by atoms with Crippen LogP contribution in [0.5, 0.6) is 0 Å². The van der Waals surface area contributed by atoms with Crippen LogP contribution in [0.3, 0.4) is 0 Å². The van der Waals surface area contributed by atoms with Crippen LogP contribution in [0.25, 0.3) is 0 Å². The molecule has 4 saturated heterocycles. The monoisotopic (exact) mass is 483 g/mol. The molecule has 0 spiro atoms. The highest BCUT2D eigenvalue weighted by Gasteiger charge is 2.39. The number of rotatable bonds is 6. The molecule has 0 N–H and O–H groups in total. The zero-order valence-corrected chi connectivity index (χ0v) is 20.8. The number of amides is 2. The highest BCUT2D eigenvalue weighted by atomic mass is 16.2. The van der Waals surface area contributed by atoms with E-state index in [-0.39, 0.29) is 12.3 Å². The molecule has 0 bridgehead atoms. The average Bonchev–Trinajstić information content (AvgIpc) is 3.70. The lowest BCUT2D eigenvalue weighted by atomic mass is 10.1. The third-order valence-electron chi connectivity index (χ3n) is 7.78. The Kier molecular flexibility index (Phi) is 7.06. The molecule has 4 aliphatic heterocycles. The Balaban J connectivity index is 1.27. The van der Waals surface area contributed by atoms with Crippen LogP contribution < -0.4 is 14.7 Å². The highest BCUT2D eigenvalue weighted by Crippen LogP contribution is 2.28. The van der Waals surface area contributed by atoms with Gasteiger partial charge in [-0.05, 0) is 38.5 Å². The van der Waals surface area contributed by atoms with Gasteiger partial charge in [0.2, 0.25) is 17.6 Å². The van der Waals surface area contributed by atoms with Crippen LogP contribution in [0.1, 0.15) is 51.9 Å². The van der Waals surface area contributed by atoms with Crippen molar-refractivity contribution < 1.29 is 14.4 Å². The molecule has 1 aromatic heterocycles. The second-order valence-corrected chi connectivity index (χ2v) is 10.0. The molecule has 10 nitrogen and oxygen atoms in total. The van der Waals surface area contributed by atoms with E-state index in [1.165, 1.54) is 30.6 Å². The van der Waals surface area contributed by atoms with E-state index >= 15 is 0 Å². The molecule has 5 rings (SSSR count). The molecule has 1 unspecified atom stereocenters. The summed E-state index contributed by atoms with van der Waals surface area (Å²) in [6, 6.07) is 1.60. The van der Waals surface area contributed by atoms with Crippen LogP contribution in [-0.2, 0) is 14.4 Å². The number of ketones is 1. The summed E-state index contributed by atoms with van der Waals surface area (Å²) in [6.45, 7) is 8.80. The van der Waals surface area contributed by atoms with Gasteiger partial charge in [0.1, 0.15) is 17.7 Å². The molecule has 4 aliphatic rings. The third-order valence-corrected chi connectivity index (χ3v) is 7.78. The van der Waals surface area contributed by atoms with Crippen molar-refractivity contribution in [2.24, 2.45) is 0 Å². The standard InChI is InChI=1S/C25H37N7O3/c1-2-20(33)24(35)32-13-7-8-19(32)23(34)30-16-14-29(15-17-30)22-18-21(28-9-3-4-10-28)26-25(27-22)31-11-5-6-12-31/h18-19H,2-17H2,1H3. The minimum atomic E-state index is -0.508. The van der Waals surface area contributed by atoms with Crippen LogP contribution in [0.4, 0.5) is 17.6 Å². The Labute approximate surface area is 207 Å². The molecule has 190 valence electrons. The summed E-state index contributed by atoms with van der Waals surface area (Å²) in [5.41, 5.74) is 0. The fourth-order valence-corrected chi connectivity index (χ4v) is 5.68. The predicted octanol–water partition coefficient (Wildman–Crippen LogP) is 1.30. The zero-order chi connectivity index (χ0) is 24.4. The van der Waals surface area contributed by atoms with E-state index in [1.807, 2.05) is 4.90 Å². The van der Waals surface area contributed by atoms with Gasteiger partial charge in [0.05, 0.1) is 0 Å². The third kappa shape index (κ3) is 4.92. The van der Waals surface area contributed by atoms with Gasteiger partial charge < -0.3 is 24.5 Å². The number of hydrogen-bond donors (Lipinski definition) is 0. The molecule has 35 heavy (non-hydrogen) atoms. The number of likely N-dealkylation sites (tertiary alicyclic amines) is 1. The Hall–Kier alpha value is -2.91. The van der Waals surface area contributed by atoms with Crippen molar-refractivity contribution in [1.29, 1.82) is 0 Å². The van der Waals surface area contributed by atoms with Crippen molar-refractivity contribution in [2.45, 2.75) is 57.9 Å². The van der Waals surface area contributed by atoms with Crippen LogP contribution >= 0.6 is 0 Å². The van der Waals surface area contributed by atoms with Crippen molar-refractivity contribution in [1.82, 2.24) is 19.8 Å². The molecule has 5 heterocycles. The normalized spacial score (nSPS) is 22.9. The SMILES string of the molecule is CCC(=O)C(=O)N1CCCC1C(=O)N1CCN(c2cc(N3CCCC3)nc(N3CCCC3)n2)CC1. The van der Waals surface area contributed by atoms with E-state index in [0.717, 1.165) is 50.2 Å². The Morgan fingerprint density at radius 2 is 1.34 bits per heavy atom. The number of Topliss-reactive ketones (excluding diaryl/α,β-unsaturated/α-hetero) is 1. The summed E-state index contributed by atoms with van der Waals surface area (Å²) in [4.78, 5) is 57.8. The molecule has 0 saturated carbocycles. The molecule has 10 heteroatoms. The summed E-state index contributed by atoms with van der Waals surface area (Å²) in [6.07, 6.45) is 6.32. The molecule has 1 aromatic rings. The maximum absolute atomic E-state index is 13.3. The Morgan fingerprint density at radius 1 is 0.771 bits per heavy atom. The highest BCUT2D eigenvalue weighted by molar-refractivity contribution is 6.36. The maximum atomic E-state index is 13.3. The lowest BCUT2D eigenvalue weighted by molar-refractivity contribution is -0.149. The first kappa shape index (κ1) is 23.8. The minimum Gasteiger partial charge on any atom is -0.356 e. The first-order valence-corrected chi connectivity index (χ1v) is 13.3. The second-order valence-electron chi connectivity index (χ2n) is 10.0. The lowest BCUT2D eigenvalue weighted by Gasteiger charge is -2.38. The first-order valence-electron chi connectivity index (χ1n) is 13.3. The zero-order valence-electron chi connectivity index (χ0n) is 20.8. The molecule has 2 amide bonds. The van der Waals surface area contributed by atoms with Crippen molar-refractivity contribution in [3.8, 4) is 0 Å². The van der Waals surface area contributed by atoms with Gasteiger partial charge in [-0.1, -0.05) is 6.92 Å². The van der Waals surface area contributed by atoms with E-state index in [2.05, 4.69) is 20.8 Å². The number of anilines is 3. The topological polar surface area (TPSA) is 93.2 Å². The van der Waals surface area contributed by atoms with Crippen molar-refractivity contribution in [3.63, 3.8) is 0 Å².